The van der Waals surface area contributed by atoms with E-state index in [1.807, 2.05) is 18.0 Å². The topological polar surface area (TPSA) is 87.1 Å². The number of alkyl halides is 3. The molecule has 3 heterocycles. The first-order valence-corrected chi connectivity index (χ1v) is 13.2. The number of amides is 1. The molecule has 40 heavy (non-hydrogen) atoms. The zero-order valence-electron chi connectivity index (χ0n) is 22.3. The summed E-state index contributed by atoms with van der Waals surface area (Å²) in [6.45, 7) is 4.44. The Morgan fingerprint density at radius 3 is 2.62 bits per heavy atom. The van der Waals surface area contributed by atoms with E-state index in [2.05, 4.69) is 25.4 Å². The highest BCUT2D eigenvalue weighted by Crippen LogP contribution is 2.35. The highest BCUT2D eigenvalue weighted by atomic mass is 19.4. The molecule has 0 aliphatic carbocycles. The third kappa shape index (κ3) is 6.26. The number of fused-ring (bicyclic) bond motifs is 1. The molecule has 8 nitrogen and oxygen atoms in total. The molecule has 2 aromatic rings. The molecule has 0 bridgehead atoms. The number of allylic oxidation sites excluding steroid dienone is 1. The molecular formula is C29H32F3N7O. The van der Waals surface area contributed by atoms with Gasteiger partial charge in [0, 0.05) is 86.9 Å². The van der Waals surface area contributed by atoms with Crippen LogP contribution in [-0.2, 0) is 19.1 Å². The maximum absolute atomic E-state index is 14.0. The minimum atomic E-state index is -4.54. The largest absolute Gasteiger partial charge is 0.416 e. The van der Waals surface area contributed by atoms with Crippen molar-refractivity contribution in [1.82, 2.24) is 15.1 Å². The molecule has 1 fully saturated rings. The van der Waals surface area contributed by atoms with E-state index in [1.165, 1.54) is 18.3 Å². The molecule has 5 rings (SSSR count). The average molecular weight is 552 g/mol. The van der Waals surface area contributed by atoms with Crippen LogP contribution in [0.15, 0.2) is 65.1 Å². The Morgan fingerprint density at radius 2 is 1.93 bits per heavy atom. The number of rotatable bonds is 7. The van der Waals surface area contributed by atoms with Crippen LogP contribution in [0.5, 0.6) is 0 Å². The Kier molecular flexibility index (Phi) is 8.04. The van der Waals surface area contributed by atoms with Gasteiger partial charge in [0.2, 0.25) is 0 Å². The van der Waals surface area contributed by atoms with Gasteiger partial charge >= 0.3 is 6.18 Å². The Hall–Kier alpha value is -3.96. The summed E-state index contributed by atoms with van der Waals surface area (Å²) in [6, 6.07) is 9.36. The summed E-state index contributed by atoms with van der Waals surface area (Å²) in [5, 5.41) is 13.6. The van der Waals surface area contributed by atoms with Crippen LogP contribution in [0.25, 0.3) is 0 Å². The average Bonchev–Trinajstić information content (AvgIpc) is 3.35. The van der Waals surface area contributed by atoms with E-state index in [4.69, 9.17) is 5.41 Å². The number of hydrogen-bond donors (Lipinski definition) is 3. The molecule has 3 aliphatic rings. The second-order valence-corrected chi connectivity index (χ2v) is 10.2. The Bertz CT molecular complexity index is 1370. The van der Waals surface area contributed by atoms with Crippen LogP contribution in [-0.4, -0.2) is 74.5 Å². The first kappa shape index (κ1) is 27.6. The monoisotopic (exact) mass is 551 g/mol. The number of nitrogens with zero attached hydrogens (tertiary/aromatic N) is 4. The van der Waals surface area contributed by atoms with E-state index < -0.39 is 17.6 Å². The smallest absolute Gasteiger partial charge is 0.366 e. The number of carbonyl (C=O) groups is 1. The zero-order valence-corrected chi connectivity index (χ0v) is 22.3. The van der Waals surface area contributed by atoms with Gasteiger partial charge in [-0.05, 0) is 48.9 Å². The Morgan fingerprint density at radius 1 is 1.12 bits per heavy atom. The van der Waals surface area contributed by atoms with Gasteiger partial charge in [-0.25, -0.2) is 0 Å². The van der Waals surface area contributed by atoms with Crippen LogP contribution in [0.4, 0.5) is 24.5 Å². The molecular weight excluding hydrogens is 519 g/mol. The fraction of sp³-hybridized carbons (Fsp3) is 0.345. The van der Waals surface area contributed by atoms with Crippen molar-refractivity contribution in [2.45, 2.75) is 19.1 Å². The van der Waals surface area contributed by atoms with Crippen molar-refractivity contribution in [2.24, 2.45) is 4.99 Å². The fourth-order valence-corrected chi connectivity index (χ4v) is 5.17. The van der Waals surface area contributed by atoms with E-state index >= 15 is 0 Å². The summed E-state index contributed by atoms with van der Waals surface area (Å²) in [5.41, 5.74) is 3.34. The van der Waals surface area contributed by atoms with Crippen molar-refractivity contribution in [3.63, 3.8) is 0 Å². The summed E-state index contributed by atoms with van der Waals surface area (Å²) in [5.74, 6) is -0.480. The molecule has 3 N–H and O–H groups in total. The van der Waals surface area contributed by atoms with Gasteiger partial charge in [0.25, 0.3) is 5.91 Å². The third-order valence-corrected chi connectivity index (χ3v) is 7.49. The van der Waals surface area contributed by atoms with Gasteiger partial charge in [0.05, 0.1) is 17.5 Å². The van der Waals surface area contributed by atoms with Gasteiger partial charge in [-0.2, -0.15) is 13.2 Å². The quantitative estimate of drug-likeness (QED) is 0.451. The van der Waals surface area contributed by atoms with Crippen molar-refractivity contribution >= 4 is 29.7 Å². The molecule has 0 saturated carbocycles. The lowest BCUT2D eigenvalue weighted by Gasteiger charge is -2.33. The summed E-state index contributed by atoms with van der Waals surface area (Å²) >= 11 is 0. The molecule has 0 radical (unpaired) electrons. The molecule has 0 aromatic heterocycles. The standard InChI is InChI=1S/C29H32F3N7O/c1-37-10-12-38(13-11-37)18-22-4-5-24(15-25(22)29(30,31)32)36-28(40)21-3-2-20-6-9-39(27(20)14-21)19-23(16-33)26-17-34-7-8-35-26/h2-5,7-8,14-17,33,35H,6,9-13,18-19H2,1H3,(H,36,40)/b26-23+,33-16?. The number of likely N-dealkylation sites (N-methyl/N-ethyl adjacent to an activating group) is 1. The molecule has 0 atom stereocenters. The predicted molar refractivity (Wildman–Crippen MR) is 151 cm³/mol. The summed E-state index contributed by atoms with van der Waals surface area (Å²) < 4.78 is 42.0. The number of piperazine rings is 1. The Balaban J connectivity index is 1.32. The van der Waals surface area contributed by atoms with E-state index in [0.717, 1.165) is 54.6 Å². The Labute approximate surface area is 231 Å². The fourth-order valence-electron chi connectivity index (χ4n) is 5.17. The number of hydrogen-bond acceptors (Lipinski definition) is 7. The molecule has 0 unspecified atom stereocenters. The van der Waals surface area contributed by atoms with Crippen LogP contribution < -0.4 is 15.5 Å². The maximum atomic E-state index is 14.0. The summed E-state index contributed by atoms with van der Waals surface area (Å²) in [7, 11) is 2.00. The summed E-state index contributed by atoms with van der Waals surface area (Å²) in [6.07, 6.45) is 2.53. The molecule has 3 aliphatic heterocycles. The molecule has 210 valence electrons. The third-order valence-electron chi connectivity index (χ3n) is 7.49. The minimum Gasteiger partial charge on any atom is -0.366 e. The number of nitrogens with one attached hydrogen (secondary N) is 3. The maximum Gasteiger partial charge on any atom is 0.416 e. The van der Waals surface area contributed by atoms with Crippen LogP contribution in [0.3, 0.4) is 0 Å². The molecule has 1 amide bonds. The van der Waals surface area contributed by atoms with Crippen molar-refractivity contribution in [2.75, 3.05) is 56.5 Å². The van der Waals surface area contributed by atoms with Crippen molar-refractivity contribution < 1.29 is 18.0 Å². The molecule has 0 spiro atoms. The van der Waals surface area contributed by atoms with E-state index in [9.17, 15) is 18.0 Å². The van der Waals surface area contributed by atoms with Crippen molar-refractivity contribution in [3.05, 3.63) is 82.3 Å². The highest BCUT2D eigenvalue weighted by molar-refractivity contribution is 6.05. The lowest BCUT2D eigenvalue weighted by molar-refractivity contribution is -0.138. The lowest BCUT2D eigenvalue weighted by Crippen LogP contribution is -2.44. The number of anilines is 2. The molecule has 1 saturated heterocycles. The van der Waals surface area contributed by atoms with Gasteiger partial charge in [-0.15, -0.1) is 0 Å². The van der Waals surface area contributed by atoms with E-state index in [-0.39, 0.29) is 17.8 Å². The summed E-state index contributed by atoms with van der Waals surface area (Å²) in [4.78, 5) is 23.5. The van der Waals surface area contributed by atoms with E-state index in [0.29, 0.717) is 25.2 Å². The minimum absolute atomic E-state index is 0.100. The molecule has 2 aromatic carbocycles. The number of halogens is 3. The van der Waals surface area contributed by atoms with Gasteiger partial charge in [-0.1, -0.05) is 12.1 Å². The second-order valence-electron chi connectivity index (χ2n) is 10.2. The van der Waals surface area contributed by atoms with Crippen LogP contribution in [0.2, 0.25) is 0 Å². The number of benzene rings is 2. The van der Waals surface area contributed by atoms with Crippen LogP contribution >= 0.6 is 0 Å². The zero-order chi connectivity index (χ0) is 28.3. The van der Waals surface area contributed by atoms with Crippen molar-refractivity contribution in [3.8, 4) is 0 Å². The van der Waals surface area contributed by atoms with Gasteiger partial charge < -0.3 is 25.8 Å². The highest BCUT2D eigenvalue weighted by Gasteiger charge is 2.34. The van der Waals surface area contributed by atoms with Gasteiger partial charge in [0.15, 0.2) is 0 Å². The number of aliphatic imine (C=N–C) groups is 1. The van der Waals surface area contributed by atoms with Crippen LogP contribution in [0, 0.1) is 5.41 Å². The van der Waals surface area contributed by atoms with Gasteiger partial charge in [-0.3, -0.25) is 14.7 Å². The molecule has 11 heteroatoms. The predicted octanol–water partition coefficient (Wildman–Crippen LogP) is 4.12. The van der Waals surface area contributed by atoms with Gasteiger partial charge in [0.1, 0.15) is 0 Å². The van der Waals surface area contributed by atoms with Crippen molar-refractivity contribution in [1.29, 1.82) is 5.41 Å². The first-order chi connectivity index (χ1) is 19.2. The second kappa shape index (κ2) is 11.6. The lowest BCUT2D eigenvalue weighted by atomic mass is 10.0. The first-order valence-electron chi connectivity index (χ1n) is 13.2. The van der Waals surface area contributed by atoms with E-state index in [1.54, 1.807) is 30.7 Å². The van der Waals surface area contributed by atoms with Crippen LogP contribution in [0.1, 0.15) is 27.0 Å². The number of carbonyl (C=O) groups excluding carboxylic acids is 1. The SMILES string of the molecule is CN1CCN(Cc2ccc(NC(=O)c3ccc4c(c3)N(C/C(C=N)=C3\C=NC=CN3)CC4)cc2C(F)(F)F)CC1. The normalized spacial score (nSPS) is 18.9.